The summed E-state index contributed by atoms with van der Waals surface area (Å²) >= 11 is 6.09. The monoisotopic (exact) mass is 396 g/mol. The normalized spacial score (nSPS) is 16.4. The Morgan fingerprint density at radius 3 is 2.82 bits per heavy atom. The Morgan fingerprint density at radius 2 is 2.07 bits per heavy atom. The van der Waals surface area contributed by atoms with Gasteiger partial charge < -0.3 is 14.7 Å². The zero-order valence-electron chi connectivity index (χ0n) is 15.1. The molecule has 28 heavy (non-hydrogen) atoms. The van der Waals surface area contributed by atoms with Crippen LogP contribution >= 0.6 is 11.6 Å². The van der Waals surface area contributed by atoms with E-state index in [1.54, 1.807) is 36.1 Å². The van der Waals surface area contributed by atoms with Crippen LogP contribution in [0.2, 0.25) is 5.02 Å². The van der Waals surface area contributed by atoms with Crippen LogP contribution in [0.25, 0.3) is 11.4 Å². The molecule has 0 unspecified atom stereocenters. The highest BCUT2D eigenvalue weighted by Crippen LogP contribution is 2.29. The molecule has 8 heteroatoms. The van der Waals surface area contributed by atoms with Gasteiger partial charge >= 0.3 is 0 Å². The molecule has 0 saturated carbocycles. The standard InChI is InChI=1S/C20H17ClN4O3/c1-12-22-19(24-28-12)13-5-4-6-15(9-13)25-11-14(10-18(25)26)20(27)23-17-8-3-2-7-16(17)21/h2-9,14H,10-11H2,1H3,(H,23,27)/t14-/m0/s1. The van der Waals surface area contributed by atoms with E-state index in [0.29, 0.717) is 34.7 Å². The molecule has 3 aromatic rings. The number of benzene rings is 2. The molecule has 1 aromatic heterocycles. The van der Waals surface area contributed by atoms with E-state index < -0.39 is 5.92 Å². The largest absolute Gasteiger partial charge is 0.339 e. The number of carbonyl (C=O) groups is 2. The highest BCUT2D eigenvalue weighted by atomic mass is 35.5. The fraction of sp³-hybridized carbons (Fsp3) is 0.200. The summed E-state index contributed by atoms with van der Waals surface area (Å²) in [6.07, 6.45) is 0.141. The van der Waals surface area contributed by atoms with E-state index in [9.17, 15) is 9.59 Å². The summed E-state index contributed by atoms with van der Waals surface area (Å²) in [5.41, 5.74) is 1.97. The quantitative estimate of drug-likeness (QED) is 0.726. The van der Waals surface area contributed by atoms with E-state index in [4.69, 9.17) is 16.1 Å². The smallest absolute Gasteiger partial charge is 0.229 e. The number of hydrogen-bond acceptors (Lipinski definition) is 5. The third-order valence-corrected chi connectivity index (χ3v) is 4.90. The minimum absolute atomic E-state index is 0.110. The topological polar surface area (TPSA) is 88.3 Å². The van der Waals surface area contributed by atoms with E-state index in [2.05, 4.69) is 15.5 Å². The SMILES string of the molecule is Cc1nc(-c2cccc(N3C[C@@H](C(=O)Nc4ccccc4Cl)CC3=O)c2)no1. The highest BCUT2D eigenvalue weighted by molar-refractivity contribution is 6.33. The van der Waals surface area contributed by atoms with Crippen LogP contribution in [0.1, 0.15) is 12.3 Å². The van der Waals surface area contributed by atoms with E-state index >= 15 is 0 Å². The number of carbonyl (C=O) groups excluding carboxylic acids is 2. The van der Waals surface area contributed by atoms with Crippen molar-refractivity contribution in [2.45, 2.75) is 13.3 Å². The molecule has 0 spiro atoms. The highest BCUT2D eigenvalue weighted by Gasteiger charge is 2.35. The van der Waals surface area contributed by atoms with Crippen LogP contribution in [0.4, 0.5) is 11.4 Å². The van der Waals surface area contributed by atoms with Gasteiger partial charge in [0.2, 0.25) is 23.5 Å². The first kappa shape index (κ1) is 18.2. The zero-order chi connectivity index (χ0) is 19.7. The molecular formula is C20H17ClN4O3. The molecule has 2 amide bonds. The molecule has 1 fully saturated rings. The number of nitrogens with one attached hydrogen (secondary N) is 1. The number of halogens is 1. The lowest BCUT2D eigenvalue weighted by Crippen LogP contribution is -2.28. The van der Waals surface area contributed by atoms with E-state index in [-0.39, 0.29) is 18.2 Å². The summed E-state index contributed by atoms with van der Waals surface area (Å²) in [6, 6.07) is 14.3. The number of nitrogens with zero attached hydrogens (tertiary/aromatic N) is 3. The molecule has 0 aliphatic carbocycles. The van der Waals surface area contributed by atoms with Crippen LogP contribution in [0.5, 0.6) is 0 Å². The van der Waals surface area contributed by atoms with Crippen molar-refractivity contribution in [3.63, 3.8) is 0 Å². The summed E-state index contributed by atoms with van der Waals surface area (Å²) in [4.78, 5) is 30.9. The zero-order valence-corrected chi connectivity index (χ0v) is 15.8. The van der Waals surface area contributed by atoms with Gasteiger partial charge in [0.1, 0.15) is 0 Å². The molecule has 2 aromatic carbocycles. The Hall–Kier alpha value is -3.19. The molecular weight excluding hydrogens is 380 g/mol. The van der Waals surface area contributed by atoms with Gasteiger partial charge in [0.05, 0.1) is 16.6 Å². The van der Waals surface area contributed by atoms with Crippen molar-refractivity contribution in [1.82, 2.24) is 10.1 Å². The molecule has 1 saturated heterocycles. The summed E-state index contributed by atoms with van der Waals surface area (Å²) in [5.74, 6) is 0.127. The van der Waals surface area contributed by atoms with E-state index in [1.807, 2.05) is 24.3 Å². The Morgan fingerprint density at radius 1 is 1.25 bits per heavy atom. The third-order valence-electron chi connectivity index (χ3n) is 4.57. The number of aryl methyl sites for hydroxylation is 1. The molecule has 1 aliphatic rings. The third kappa shape index (κ3) is 3.61. The van der Waals surface area contributed by atoms with Gasteiger partial charge in [-0.05, 0) is 24.3 Å². The molecule has 1 atom stereocenters. The predicted molar refractivity (Wildman–Crippen MR) is 105 cm³/mol. The molecule has 2 heterocycles. The first-order valence-electron chi connectivity index (χ1n) is 8.78. The maximum Gasteiger partial charge on any atom is 0.229 e. The van der Waals surface area contributed by atoms with E-state index in [1.165, 1.54) is 0 Å². The Bertz CT molecular complexity index is 1050. The van der Waals surface area contributed by atoms with Gasteiger partial charge in [0.25, 0.3) is 0 Å². The van der Waals surface area contributed by atoms with Gasteiger partial charge in [0.15, 0.2) is 0 Å². The van der Waals surface area contributed by atoms with E-state index in [0.717, 1.165) is 5.56 Å². The summed E-state index contributed by atoms with van der Waals surface area (Å²) in [6.45, 7) is 2.01. The van der Waals surface area contributed by atoms with Crippen molar-refractivity contribution in [1.29, 1.82) is 0 Å². The van der Waals surface area contributed by atoms with Crippen LogP contribution in [0.15, 0.2) is 53.1 Å². The van der Waals surface area contributed by atoms with Crippen molar-refractivity contribution >= 4 is 34.8 Å². The van der Waals surface area contributed by atoms with Gasteiger partial charge in [-0.25, -0.2) is 0 Å². The second-order valence-corrected chi connectivity index (χ2v) is 6.97. The summed E-state index contributed by atoms with van der Waals surface area (Å²) in [5, 5.41) is 7.17. The molecule has 1 N–H and O–H groups in total. The van der Waals surface area contributed by atoms with Gasteiger partial charge in [0, 0.05) is 31.1 Å². The maximum atomic E-state index is 12.6. The first-order chi connectivity index (χ1) is 13.5. The van der Waals surface area contributed by atoms with Crippen LogP contribution in [-0.2, 0) is 9.59 Å². The Balaban J connectivity index is 1.51. The molecule has 7 nitrogen and oxygen atoms in total. The molecule has 0 bridgehead atoms. The lowest BCUT2D eigenvalue weighted by Gasteiger charge is -2.17. The van der Waals surface area contributed by atoms with Gasteiger partial charge in [-0.1, -0.05) is 41.0 Å². The number of anilines is 2. The van der Waals surface area contributed by atoms with Crippen molar-refractivity contribution < 1.29 is 14.1 Å². The Labute approximate surface area is 166 Å². The van der Waals surface area contributed by atoms with Crippen molar-refractivity contribution in [2.24, 2.45) is 5.92 Å². The number of hydrogen-bond donors (Lipinski definition) is 1. The van der Waals surface area contributed by atoms with Crippen LogP contribution in [-0.4, -0.2) is 28.5 Å². The average Bonchev–Trinajstić information content (AvgIpc) is 3.30. The fourth-order valence-corrected chi connectivity index (χ4v) is 3.34. The van der Waals surface area contributed by atoms with Crippen molar-refractivity contribution in [3.8, 4) is 11.4 Å². The minimum atomic E-state index is -0.458. The van der Waals surface area contributed by atoms with Crippen LogP contribution in [0, 0.1) is 12.8 Å². The van der Waals surface area contributed by atoms with Crippen molar-refractivity contribution in [3.05, 3.63) is 59.4 Å². The second kappa shape index (κ2) is 7.44. The molecule has 0 radical (unpaired) electrons. The maximum absolute atomic E-state index is 12.6. The molecule has 1 aliphatic heterocycles. The Kier molecular flexibility index (Phi) is 4.83. The van der Waals surface area contributed by atoms with Crippen LogP contribution < -0.4 is 10.2 Å². The predicted octanol–water partition coefficient (Wildman–Crippen LogP) is 3.69. The average molecular weight is 397 g/mol. The van der Waals surface area contributed by atoms with Crippen molar-refractivity contribution in [2.75, 3.05) is 16.8 Å². The van der Waals surface area contributed by atoms with Gasteiger partial charge in [-0.2, -0.15) is 4.98 Å². The van der Waals surface area contributed by atoms with Gasteiger partial charge in [-0.3, -0.25) is 9.59 Å². The lowest BCUT2D eigenvalue weighted by molar-refractivity contribution is -0.122. The van der Waals surface area contributed by atoms with Crippen LogP contribution in [0.3, 0.4) is 0 Å². The summed E-state index contributed by atoms with van der Waals surface area (Å²) in [7, 11) is 0. The number of rotatable bonds is 4. The minimum Gasteiger partial charge on any atom is -0.339 e. The summed E-state index contributed by atoms with van der Waals surface area (Å²) < 4.78 is 5.01. The number of para-hydroxylation sites is 1. The van der Waals surface area contributed by atoms with Gasteiger partial charge in [-0.15, -0.1) is 0 Å². The molecule has 4 rings (SSSR count). The molecule has 142 valence electrons. The lowest BCUT2D eigenvalue weighted by atomic mass is 10.1. The second-order valence-electron chi connectivity index (χ2n) is 6.56. The fourth-order valence-electron chi connectivity index (χ4n) is 3.16. The first-order valence-corrected chi connectivity index (χ1v) is 9.15. The number of aromatic nitrogens is 2. The number of amides is 2.